The summed E-state index contributed by atoms with van der Waals surface area (Å²) in [6.45, 7) is 4.14. The molecule has 0 aliphatic carbocycles. The molecule has 0 aromatic heterocycles. The summed E-state index contributed by atoms with van der Waals surface area (Å²) in [5.74, 6) is 0.853. The predicted molar refractivity (Wildman–Crippen MR) is 54.7 cm³/mol. The van der Waals surface area contributed by atoms with Gasteiger partial charge < -0.3 is 4.74 Å². The Bertz CT molecular complexity index is 243. The summed E-state index contributed by atoms with van der Waals surface area (Å²) < 4.78 is 5.44. The van der Waals surface area contributed by atoms with Gasteiger partial charge in [-0.05, 0) is 30.5 Å². The summed E-state index contributed by atoms with van der Waals surface area (Å²) in [7, 11) is 0. The van der Waals surface area contributed by atoms with Gasteiger partial charge in [0.15, 0.2) is 0 Å². The van der Waals surface area contributed by atoms with Crippen molar-refractivity contribution in [2.75, 3.05) is 0 Å². The third kappa shape index (κ3) is 3.07. The Morgan fingerprint density at radius 3 is 2.31 bits per heavy atom. The summed E-state index contributed by atoms with van der Waals surface area (Å²) in [6.07, 6.45) is 1.70. The maximum Gasteiger partial charge on any atom is 0.147 e. The van der Waals surface area contributed by atoms with Crippen LogP contribution in [0.3, 0.4) is 0 Å². The van der Waals surface area contributed by atoms with Gasteiger partial charge >= 0.3 is 0 Å². The molecule has 0 bridgehead atoms. The zero-order chi connectivity index (χ0) is 9.68. The first kappa shape index (κ1) is 10.1. The molecule has 0 radical (unpaired) electrons. The molecular formula is C11H17NO. The lowest BCUT2D eigenvalue weighted by atomic mass is 10.2. The van der Waals surface area contributed by atoms with Crippen LogP contribution >= 0.6 is 0 Å². The van der Waals surface area contributed by atoms with Gasteiger partial charge in [0.05, 0.1) is 0 Å². The molecule has 1 unspecified atom stereocenters. The Kier molecular flexibility index (Phi) is 3.77. The highest BCUT2D eigenvalue weighted by molar-refractivity contribution is 5.27. The minimum Gasteiger partial charge on any atom is -0.476 e. The van der Waals surface area contributed by atoms with E-state index in [1.165, 1.54) is 5.56 Å². The fourth-order valence-electron chi connectivity index (χ4n) is 1.06. The molecule has 1 aromatic rings. The molecule has 0 amide bonds. The molecule has 13 heavy (non-hydrogen) atoms. The van der Waals surface area contributed by atoms with Crippen molar-refractivity contribution in [2.45, 2.75) is 32.9 Å². The number of aryl methyl sites for hydroxylation is 1. The number of ether oxygens (including phenoxy) is 1. The van der Waals surface area contributed by atoms with E-state index in [0.717, 1.165) is 18.6 Å². The van der Waals surface area contributed by atoms with Crippen molar-refractivity contribution < 1.29 is 4.74 Å². The lowest BCUT2D eigenvalue weighted by Crippen LogP contribution is -2.25. The fourth-order valence-corrected chi connectivity index (χ4v) is 1.06. The molecule has 0 fully saturated rings. The number of hydrogen-bond donors (Lipinski definition) is 1. The van der Waals surface area contributed by atoms with Crippen LogP contribution in [0.4, 0.5) is 0 Å². The average molecular weight is 179 g/mol. The molecule has 72 valence electrons. The lowest BCUT2D eigenvalue weighted by molar-refractivity contribution is 0.205. The summed E-state index contributed by atoms with van der Waals surface area (Å²) >= 11 is 0. The van der Waals surface area contributed by atoms with Gasteiger partial charge in [-0.15, -0.1) is 0 Å². The van der Waals surface area contributed by atoms with Crippen LogP contribution in [0.1, 0.15) is 25.8 Å². The summed E-state index contributed by atoms with van der Waals surface area (Å²) in [6, 6.07) is 8.07. The monoisotopic (exact) mass is 179 g/mol. The zero-order valence-corrected chi connectivity index (χ0v) is 8.29. The second kappa shape index (κ2) is 4.87. The Morgan fingerprint density at radius 1 is 1.23 bits per heavy atom. The van der Waals surface area contributed by atoms with Gasteiger partial charge in [0, 0.05) is 0 Å². The van der Waals surface area contributed by atoms with Gasteiger partial charge in [0.1, 0.15) is 12.0 Å². The van der Waals surface area contributed by atoms with Crippen molar-refractivity contribution in [3.05, 3.63) is 29.8 Å². The maximum absolute atomic E-state index is 5.65. The van der Waals surface area contributed by atoms with E-state index in [4.69, 9.17) is 10.5 Å². The van der Waals surface area contributed by atoms with Crippen molar-refractivity contribution in [2.24, 2.45) is 5.73 Å². The van der Waals surface area contributed by atoms with Crippen LogP contribution < -0.4 is 10.5 Å². The Balaban J connectivity index is 2.58. The van der Waals surface area contributed by atoms with E-state index in [-0.39, 0.29) is 6.23 Å². The van der Waals surface area contributed by atoms with E-state index in [2.05, 4.69) is 19.1 Å². The minimum absolute atomic E-state index is 0.188. The maximum atomic E-state index is 5.65. The van der Waals surface area contributed by atoms with Crippen molar-refractivity contribution >= 4 is 0 Å². The second-order valence-electron chi connectivity index (χ2n) is 3.06. The van der Waals surface area contributed by atoms with Crippen molar-refractivity contribution in [3.63, 3.8) is 0 Å². The SMILES string of the molecule is CCc1ccc(OC(N)CC)cc1. The Labute approximate surface area is 79.7 Å². The molecule has 0 aliphatic heterocycles. The largest absolute Gasteiger partial charge is 0.476 e. The van der Waals surface area contributed by atoms with Crippen molar-refractivity contribution in [3.8, 4) is 5.75 Å². The summed E-state index contributed by atoms with van der Waals surface area (Å²) in [5.41, 5.74) is 6.97. The van der Waals surface area contributed by atoms with Crippen LogP contribution in [-0.2, 0) is 6.42 Å². The van der Waals surface area contributed by atoms with Gasteiger partial charge in [0.2, 0.25) is 0 Å². The number of nitrogens with two attached hydrogens (primary N) is 1. The molecule has 2 N–H and O–H groups in total. The summed E-state index contributed by atoms with van der Waals surface area (Å²) in [4.78, 5) is 0. The smallest absolute Gasteiger partial charge is 0.147 e. The molecule has 2 heteroatoms. The first-order valence-electron chi connectivity index (χ1n) is 4.77. The van der Waals surface area contributed by atoms with Gasteiger partial charge in [0.25, 0.3) is 0 Å². The highest BCUT2D eigenvalue weighted by Gasteiger charge is 1.99. The average Bonchev–Trinajstić information content (AvgIpc) is 2.19. The first-order valence-corrected chi connectivity index (χ1v) is 4.77. The highest BCUT2D eigenvalue weighted by Crippen LogP contribution is 2.13. The minimum atomic E-state index is -0.188. The van der Waals surface area contributed by atoms with E-state index < -0.39 is 0 Å². The van der Waals surface area contributed by atoms with Gasteiger partial charge in [-0.3, -0.25) is 5.73 Å². The Morgan fingerprint density at radius 2 is 1.85 bits per heavy atom. The van der Waals surface area contributed by atoms with E-state index in [1.54, 1.807) is 0 Å². The third-order valence-electron chi connectivity index (χ3n) is 2.02. The lowest BCUT2D eigenvalue weighted by Gasteiger charge is -2.12. The van der Waals surface area contributed by atoms with Gasteiger partial charge in [-0.25, -0.2) is 0 Å². The van der Waals surface area contributed by atoms with Gasteiger partial charge in [-0.1, -0.05) is 26.0 Å². The van der Waals surface area contributed by atoms with Crippen LogP contribution in [-0.4, -0.2) is 6.23 Å². The molecule has 0 saturated carbocycles. The van der Waals surface area contributed by atoms with E-state index >= 15 is 0 Å². The van der Waals surface area contributed by atoms with Crippen LogP contribution in [0.5, 0.6) is 5.75 Å². The van der Waals surface area contributed by atoms with Crippen LogP contribution in [0.2, 0.25) is 0 Å². The quantitative estimate of drug-likeness (QED) is 0.720. The van der Waals surface area contributed by atoms with E-state index in [9.17, 15) is 0 Å². The molecule has 0 saturated heterocycles. The summed E-state index contributed by atoms with van der Waals surface area (Å²) in [5, 5.41) is 0. The van der Waals surface area contributed by atoms with E-state index in [0.29, 0.717) is 0 Å². The zero-order valence-electron chi connectivity index (χ0n) is 8.29. The Hall–Kier alpha value is -1.02. The van der Waals surface area contributed by atoms with E-state index in [1.807, 2.05) is 19.1 Å². The topological polar surface area (TPSA) is 35.2 Å². The highest BCUT2D eigenvalue weighted by atomic mass is 16.5. The van der Waals surface area contributed by atoms with Crippen LogP contribution in [0.15, 0.2) is 24.3 Å². The molecule has 0 spiro atoms. The molecule has 1 aromatic carbocycles. The molecule has 1 rings (SSSR count). The molecular weight excluding hydrogens is 162 g/mol. The number of benzene rings is 1. The van der Waals surface area contributed by atoms with Gasteiger partial charge in [-0.2, -0.15) is 0 Å². The fraction of sp³-hybridized carbons (Fsp3) is 0.455. The molecule has 0 aliphatic rings. The van der Waals surface area contributed by atoms with Crippen LogP contribution in [0.25, 0.3) is 0 Å². The first-order chi connectivity index (χ1) is 6.26. The van der Waals surface area contributed by atoms with Crippen LogP contribution in [0, 0.1) is 0 Å². The standard InChI is InChI=1S/C11H17NO/c1-3-9-5-7-10(8-6-9)13-11(12)4-2/h5-8,11H,3-4,12H2,1-2H3. The molecule has 0 heterocycles. The normalized spacial score (nSPS) is 12.5. The predicted octanol–water partition coefficient (Wildman–Crippen LogP) is 2.32. The van der Waals surface area contributed by atoms with Crippen molar-refractivity contribution in [1.82, 2.24) is 0 Å². The third-order valence-corrected chi connectivity index (χ3v) is 2.02. The van der Waals surface area contributed by atoms with Crippen molar-refractivity contribution in [1.29, 1.82) is 0 Å². The number of hydrogen-bond acceptors (Lipinski definition) is 2. The molecule has 2 nitrogen and oxygen atoms in total. The second-order valence-corrected chi connectivity index (χ2v) is 3.06. The molecule has 1 atom stereocenters. The number of rotatable bonds is 4.